The molecule has 1 rings (SSSR count). The minimum absolute atomic E-state index is 0.367. The Kier molecular flexibility index (Phi) is 5.91. The third-order valence-electron chi connectivity index (χ3n) is 1.83. The topological polar surface area (TPSA) is 80.4 Å². The summed E-state index contributed by atoms with van der Waals surface area (Å²) in [6.07, 6.45) is 1.53. The van der Waals surface area contributed by atoms with Crippen LogP contribution in [0.3, 0.4) is 0 Å². The van der Waals surface area contributed by atoms with Crippen molar-refractivity contribution < 1.29 is 14.4 Å². The zero-order chi connectivity index (χ0) is 10.9. The van der Waals surface area contributed by atoms with Gasteiger partial charge in [-0.25, -0.2) is 0 Å². The Bertz CT molecular complexity index is 241. The molecule has 0 aliphatic rings. The number of aliphatic hydroxyl groups is 1. The molecule has 0 amide bonds. The first kappa shape index (κ1) is 12.1. The maximum atomic E-state index is 9.40. The first-order valence-corrected chi connectivity index (χ1v) is 5.04. The van der Waals surface area contributed by atoms with Gasteiger partial charge in [-0.05, 0) is 6.92 Å². The van der Waals surface area contributed by atoms with Gasteiger partial charge in [0.2, 0.25) is 6.39 Å². The number of ether oxygens (including phenoxy) is 1. The largest absolute Gasteiger partial charge is 0.389 e. The lowest BCUT2D eigenvalue weighted by Crippen LogP contribution is -2.31. The Morgan fingerprint density at radius 2 is 2.53 bits per heavy atom. The summed E-state index contributed by atoms with van der Waals surface area (Å²) in [5.74, 6) is 0.668. The highest BCUT2D eigenvalue weighted by atomic mass is 16.5. The van der Waals surface area contributed by atoms with Gasteiger partial charge in [0.15, 0.2) is 5.82 Å². The number of nitrogens with one attached hydrogen (secondary N) is 1. The van der Waals surface area contributed by atoms with E-state index in [0.29, 0.717) is 38.5 Å². The number of aromatic nitrogens is 2. The Labute approximate surface area is 88.6 Å². The van der Waals surface area contributed by atoms with Crippen LogP contribution in [0.15, 0.2) is 10.9 Å². The van der Waals surface area contributed by atoms with E-state index >= 15 is 0 Å². The second kappa shape index (κ2) is 7.33. The summed E-state index contributed by atoms with van der Waals surface area (Å²) < 4.78 is 9.66. The molecule has 2 N–H and O–H groups in total. The first-order valence-electron chi connectivity index (χ1n) is 5.04. The van der Waals surface area contributed by atoms with Crippen LogP contribution in [0.4, 0.5) is 0 Å². The van der Waals surface area contributed by atoms with E-state index in [4.69, 9.17) is 4.74 Å². The summed E-state index contributed by atoms with van der Waals surface area (Å²) in [5, 5.41) is 16.2. The fourth-order valence-electron chi connectivity index (χ4n) is 1.08. The van der Waals surface area contributed by atoms with Crippen LogP contribution in [0.1, 0.15) is 12.7 Å². The molecule has 0 aliphatic heterocycles. The van der Waals surface area contributed by atoms with Gasteiger partial charge in [0.05, 0.1) is 12.7 Å². The summed E-state index contributed by atoms with van der Waals surface area (Å²) in [6.45, 7) is 4.11. The lowest BCUT2D eigenvalue weighted by atomic mass is 10.3. The minimum Gasteiger partial charge on any atom is -0.389 e. The third-order valence-corrected chi connectivity index (χ3v) is 1.83. The summed E-state index contributed by atoms with van der Waals surface area (Å²) >= 11 is 0. The van der Waals surface area contributed by atoms with Crippen LogP contribution >= 0.6 is 0 Å². The van der Waals surface area contributed by atoms with E-state index in [9.17, 15) is 5.11 Å². The van der Waals surface area contributed by atoms with Crippen LogP contribution < -0.4 is 5.32 Å². The molecular formula is C9H17N3O3. The summed E-state index contributed by atoms with van der Waals surface area (Å²) in [7, 11) is 0. The fraction of sp³-hybridized carbons (Fsp3) is 0.778. The molecule has 6 heteroatoms. The van der Waals surface area contributed by atoms with Gasteiger partial charge in [-0.3, -0.25) is 0 Å². The van der Waals surface area contributed by atoms with Crippen molar-refractivity contribution in [1.29, 1.82) is 0 Å². The Morgan fingerprint density at radius 1 is 1.67 bits per heavy atom. The normalized spacial score (nSPS) is 12.9. The van der Waals surface area contributed by atoms with Crippen molar-refractivity contribution >= 4 is 0 Å². The molecule has 0 spiro atoms. The smallest absolute Gasteiger partial charge is 0.213 e. The van der Waals surface area contributed by atoms with Gasteiger partial charge in [-0.2, -0.15) is 4.98 Å². The molecular weight excluding hydrogens is 198 g/mol. The number of hydrogen-bond donors (Lipinski definition) is 2. The number of aliphatic hydroxyl groups excluding tert-OH is 1. The Hall–Kier alpha value is -0.980. The number of hydrogen-bond acceptors (Lipinski definition) is 6. The summed E-state index contributed by atoms with van der Waals surface area (Å²) in [5.41, 5.74) is 0. The van der Waals surface area contributed by atoms with Crippen LogP contribution in [0.2, 0.25) is 0 Å². The van der Waals surface area contributed by atoms with Gasteiger partial charge in [0, 0.05) is 26.1 Å². The SMILES string of the molecule is CCOCC(O)CNCCc1ncon1. The molecule has 1 aromatic heterocycles. The van der Waals surface area contributed by atoms with Crippen LogP contribution in [0.5, 0.6) is 0 Å². The fourth-order valence-corrected chi connectivity index (χ4v) is 1.08. The van der Waals surface area contributed by atoms with E-state index in [2.05, 4.69) is 20.0 Å². The highest BCUT2D eigenvalue weighted by molar-refractivity contribution is 4.78. The van der Waals surface area contributed by atoms with Crippen molar-refractivity contribution in [3.8, 4) is 0 Å². The zero-order valence-electron chi connectivity index (χ0n) is 8.85. The van der Waals surface area contributed by atoms with Crippen molar-refractivity contribution in [3.63, 3.8) is 0 Å². The monoisotopic (exact) mass is 215 g/mol. The van der Waals surface area contributed by atoms with Gasteiger partial charge >= 0.3 is 0 Å². The average molecular weight is 215 g/mol. The summed E-state index contributed by atoms with van der Waals surface area (Å²) in [6, 6.07) is 0. The molecule has 0 bridgehead atoms. The average Bonchev–Trinajstić information content (AvgIpc) is 2.74. The van der Waals surface area contributed by atoms with Crippen LogP contribution in [0, 0.1) is 0 Å². The van der Waals surface area contributed by atoms with Crippen molar-refractivity contribution in [3.05, 3.63) is 12.2 Å². The van der Waals surface area contributed by atoms with Crippen LogP contribution in [-0.2, 0) is 11.2 Å². The number of rotatable bonds is 8. The van der Waals surface area contributed by atoms with Crippen molar-refractivity contribution in [1.82, 2.24) is 15.5 Å². The van der Waals surface area contributed by atoms with Crippen molar-refractivity contribution in [2.75, 3.05) is 26.3 Å². The predicted octanol–water partition coefficient (Wildman–Crippen LogP) is -0.401. The summed E-state index contributed by atoms with van der Waals surface area (Å²) in [4.78, 5) is 3.88. The quantitative estimate of drug-likeness (QED) is 0.574. The second-order valence-electron chi connectivity index (χ2n) is 3.11. The first-order chi connectivity index (χ1) is 7.33. The van der Waals surface area contributed by atoms with Gasteiger partial charge in [-0.1, -0.05) is 5.16 Å². The van der Waals surface area contributed by atoms with E-state index in [1.165, 1.54) is 6.39 Å². The third kappa shape index (κ3) is 5.46. The molecule has 6 nitrogen and oxygen atoms in total. The molecule has 0 saturated heterocycles. The molecule has 1 unspecified atom stereocenters. The highest BCUT2D eigenvalue weighted by Crippen LogP contribution is 1.88. The molecule has 86 valence electrons. The molecule has 1 atom stereocenters. The maximum absolute atomic E-state index is 9.40. The standard InChI is InChI=1S/C9H17N3O3/c1-2-14-6-8(13)5-10-4-3-9-11-7-15-12-9/h7-8,10,13H,2-6H2,1H3. The lowest BCUT2D eigenvalue weighted by Gasteiger charge is -2.10. The van der Waals surface area contributed by atoms with Gasteiger partial charge in [-0.15, -0.1) is 0 Å². The van der Waals surface area contributed by atoms with Gasteiger partial charge in [0.25, 0.3) is 0 Å². The van der Waals surface area contributed by atoms with Crippen LogP contribution in [-0.4, -0.2) is 47.7 Å². The molecule has 0 saturated carbocycles. The highest BCUT2D eigenvalue weighted by Gasteiger charge is 2.03. The lowest BCUT2D eigenvalue weighted by molar-refractivity contribution is 0.0430. The molecule has 1 heterocycles. The van der Waals surface area contributed by atoms with E-state index in [0.717, 1.165) is 0 Å². The van der Waals surface area contributed by atoms with E-state index in [-0.39, 0.29) is 0 Å². The Balaban J connectivity index is 1.97. The number of nitrogens with zero attached hydrogens (tertiary/aromatic N) is 2. The molecule has 0 fully saturated rings. The maximum Gasteiger partial charge on any atom is 0.213 e. The van der Waals surface area contributed by atoms with E-state index in [1.54, 1.807) is 0 Å². The molecule has 1 aromatic rings. The second-order valence-corrected chi connectivity index (χ2v) is 3.11. The molecule has 0 aromatic carbocycles. The zero-order valence-corrected chi connectivity index (χ0v) is 8.85. The predicted molar refractivity (Wildman–Crippen MR) is 53.4 cm³/mol. The van der Waals surface area contributed by atoms with Crippen LogP contribution in [0.25, 0.3) is 0 Å². The molecule has 0 radical (unpaired) electrons. The van der Waals surface area contributed by atoms with Crippen molar-refractivity contribution in [2.24, 2.45) is 0 Å². The van der Waals surface area contributed by atoms with E-state index < -0.39 is 6.10 Å². The Morgan fingerprint density at radius 3 is 3.20 bits per heavy atom. The van der Waals surface area contributed by atoms with Gasteiger partial charge in [0.1, 0.15) is 0 Å². The van der Waals surface area contributed by atoms with Gasteiger partial charge < -0.3 is 19.7 Å². The van der Waals surface area contributed by atoms with Crippen molar-refractivity contribution in [2.45, 2.75) is 19.4 Å². The minimum atomic E-state index is -0.463. The van der Waals surface area contributed by atoms with E-state index in [1.807, 2.05) is 6.92 Å². The molecule has 0 aliphatic carbocycles. The molecule has 15 heavy (non-hydrogen) atoms.